The Labute approximate surface area is 113 Å². The third kappa shape index (κ3) is 2.36. The molecule has 3 nitrogen and oxygen atoms in total. The second kappa shape index (κ2) is 5.28. The molecule has 0 radical (unpaired) electrons. The number of halogens is 1. The van der Waals surface area contributed by atoms with E-state index in [0.717, 1.165) is 19.6 Å². The highest BCUT2D eigenvalue weighted by Crippen LogP contribution is 2.28. The molecule has 4 heteroatoms. The Kier molecular flexibility index (Phi) is 3.50. The van der Waals surface area contributed by atoms with Crippen LogP contribution in [0.4, 0.5) is 4.39 Å². The van der Waals surface area contributed by atoms with Gasteiger partial charge in [0.2, 0.25) is 0 Å². The summed E-state index contributed by atoms with van der Waals surface area (Å²) in [5.41, 5.74) is 0.794. The average Bonchev–Trinajstić information content (AvgIpc) is 2.90. The van der Waals surface area contributed by atoms with Crippen molar-refractivity contribution in [2.75, 3.05) is 19.6 Å². The SMILES string of the molecule is N#Cc1cccc(CN2CCCC3CNCC32)c1F. The van der Waals surface area contributed by atoms with E-state index < -0.39 is 0 Å². The first kappa shape index (κ1) is 12.6. The van der Waals surface area contributed by atoms with Crippen molar-refractivity contribution in [3.63, 3.8) is 0 Å². The van der Waals surface area contributed by atoms with Crippen molar-refractivity contribution in [1.29, 1.82) is 5.26 Å². The van der Waals surface area contributed by atoms with Crippen molar-refractivity contribution in [1.82, 2.24) is 10.2 Å². The number of likely N-dealkylation sites (tertiary alicyclic amines) is 1. The number of hydrogen-bond donors (Lipinski definition) is 1. The zero-order chi connectivity index (χ0) is 13.2. The molecule has 0 bridgehead atoms. The van der Waals surface area contributed by atoms with Gasteiger partial charge in [-0.15, -0.1) is 0 Å². The highest BCUT2D eigenvalue weighted by molar-refractivity contribution is 5.35. The molecule has 2 aliphatic rings. The van der Waals surface area contributed by atoms with Gasteiger partial charge in [-0.3, -0.25) is 4.90 Å². The molecule has 2 fully saturated rings. The van der Waals surface area contributed by atoms with Gasteiger partial charge in [-0.25, -0.2) is 4.39 Å². The summed E-state index contributed by atoms with van der Waals surface area (Å²) in [6, 6.07) is 7.54. The van der Waals surface area contributed by atoms with Crippen LogP contribution < -0.4 is 5.32 Å². The largest absolute Gasteiger partial charge is 0.315 e. The molecule has 2 atom stereocenters. The highest BCUT2D eigenvalue weighted by Gasteiger charge is 2.35. The summed E-state index contributed by atoms with van der Waals surface area (Å²) in [6.07, 6.45) is 2.46. The topological polar surface area (TPSA) is 39.1 Å². The number of hydrogen-bond acceptors (Lipinski definition) is 3. The molecule has 2 unspecified atom stereocenters. The second-order valence-corrected chi connectivity index (χ2v) is 5.49. The zero-order valence-electron chi connectivity index (χ0n) is 10.9. The van der Waals surface area contributed by atoms with E-state index in [0.29, 0.717) is 24.1 Å². The standard InChI is InChI=1S/C15H18FN3/c16-15-11(7-17)3-1-4-13(15)10-19-6-2-5-12-8-18-9-14(12)19/h1,3-4,12,14,18H,2,5-6,8-10H2. The van der Waals surface area contributed by atoms with Gasteiger partial charge in [0.25, 0.3) is 0 Å². The summed E-state index contributed by atoms with van der Waals surface area (Å²) in [5.74, 6) is 0.356. The molecule has 0 aliphatic carbocycles. The van der Waals surface area contributed by atoms with Gasteiger partial charge in [0.1, 0.15) is 11.9 Å². The molecule has 0 spiro atoms. The smallest absolute Gasteiger partial charge is 0.145 e. The van der Waals surface area contributed by atoms with E-state index in [1.165, 1.54) is 18.9 Å². The minimum atomic E-state index is -0.349. The molecule has 100 valence electrons. The predicted octanol–water partition coefficient (Wildman–Crippen LogP) is 1.88. The van der Waals surface area contributed by atoms with Crippen LogP contribution in [0, 0.1) is 23.1 Å². The molecule has 19 heavy (non-hydrogen) atoms. The Morgan fingerprint density at radius 2 is 2.32 bits per heavy atom. The van der Waals surface area contributed by atoms with E-state index in [1.807, 2.05) is 6.07 Å². The lowest BCUT2D eigenvalue weighted by molar-refractivity contribution is 0.116. The molecule has 0 aromatic heterocycles. The van der Waals surface area contributed by atoms with Gasteiger partial charge in [0.15, 0.2) is 0 Å². The first-order valence-corrected chi connectivity index (χ1v) is 6.92. The fourth-order valence-electron chi connectivity index (χ4n) is 3.37. The van der Waals surface area contributed by atoms with Crippen molar-refractivity contribution in [3.8, 4) is 6.07 Å². The molecular formula is C15H18FN3. The number of nitriles is 1. The van der Waals surface area contributed by atoms with Crippen LogP contribution >= 0.6 is 0 Å². The van der Waals surface area contributed by atoms with Crippen molar-refractivity contribution in [3.05, 3.63) is 35.1 Å². The lowest BCUT2D eigenvalue weighted by Crippen LogP contribution is -2.44. The monoisotopic (exact) mass is 259 g/mol. The van der Waals surface area contributed by atoms with Gasteiger partial charge in [-0.2, -0.15) is 5.26 Å². The molecule has 1 aromatic rings. The van der Waals surface area contributed by atoms with Crippen molar-refractivity contribution in [2.24, 2.45) is 5.92 Å². The van der Waals surface area contributed by atoms with Crippen molar-refractivity contribution >= 4 is 0 Å². The molecule has 3 rings (SSSR count). The van der Waals surface area contributed by atoms with Crippen LogP contribution in [-0.4, -0.2) is 30.6 Å². The first-order valence-electron chi connectivity index (χ1n) is 6.92. The van der Waals surface area contributed by atoms with Crippen LogP contribution in [0.3, 0.4) is 0 Å². The maximum absolute atomic E-state index is 14.1. The van der Waals surface area contributed by atoms with Crippen molar-refractivity contribution in [2.45, 2.75) is 25.4 Å². The summed E-state index contributed by atoms with van der Waals surface area (Å²) < 4.78 is 14.1. The van der Waals surface area contributed by atoms with Crippen molar-refractivity contribution < 1.29 is 4.39 Å². The van der Waals surface area contributed by atoms with Gasteiger partial charge < -0.3 is 5.32 Å². The molecule has 1 aromatic carbocycles. The molecule has 0 amide bonds. The van der Waals surface area contributed by atoms with Gasteiger partial charge >= 0.3 is 0 Å². The summed E-state index contributed by atoms with van der Waals surface area (Å²) in [7, 11) is 0. The predicted molar refractivity (Wildman–Crippen MR) is 70.9 cm³/mol. The average molecular weight is 259 g/mol. The number of nitrogens with one attached hydrogen (secondary N) is 1. The number of rotatable bonds is 2. The lowest BCUT2D eigenvalue weighted by Gasteiger charge is -2.37. The Balaban J connectivity index is 1.79. The van der Waals surface area contributed by atoms with E-state index in [2.05, 4.69) is 10.2 Å². The van der Waals surface area contributed by atoms with E-state index in [-0.39, 0.29) is 11.4 Å². The minimum Gasteiger partial charge on any atom is -0.315 e. The van der Waals surface area contributed by atoms with Crippen LogP contribution in [0.25, 0.3) is 0 Å². The Hall–Kier alpha value is -1.44. The Morgan fingerprint density at radius 1 is 1.42 bits per heavy atom. The number of nitrogens with zero attached hydrogens (tertiary/aromatic N) is 2. The van der Waals surface area contributed by atoms with Crippen LogP contribution in [-0.2, 0) is 6.54 Å². The van der Waals surface area contributed by atoms with E-state index >= 15 is 0 Å². The molecular weight excluding hydrogens is 241 g/mol. The van der Waals surface area contributed by atoms with Gasteiger partial charge in [-0.05, 0) is 37.9 Å². The fourth-order valence-corrected chi connectivity index (χ4v) is 3.37. The Morgan fingerprint density at radius 3 is 3.16 bits per heavy atom. The zero-order valence-corrected chi connectivity index (χ0v) is 10.9. The number of fused-ring (bicyclic) bond motifs is 1. The minimum absolute atomic E-state index is 0.149. The fraction of sp³-hybridized carbons (Fsp3) is 0.533. The molecule has 2 aliphatic heterocycles. The summed E-state index contributed by atoms with van der Waals surface area (Å²) in [4.78, 5) is 2.37. The maximum atomic E-state index is 14.1. The second-order valence-electron chi connectivity index (χ2n) is 5.49. The summed E-state index contributed by atoms with van der Waals surface area (Å²) in [5, 5.41) is 12.3. The lowest BCUT2D eigenvalue weighted by atomic mass is 9.91. The quantitative estimate of drug-likeness (QED) is 0.881. The van der Waals surface area contributed by atoms with E-state index in [4.69, 9.17) is 5.26 Å². The highest BCUT2D eigenvalue weighted by atomic mass is 19.1. The maximum Gasteiger partial charge on any atom is 0.145 e. The number of piperidine rings is 1. The molecule has 0 saturated carbocycles. The van der Waals surface area contributed by atoms with Gasteiger partial charge in [0.05, 0.1) is 5.56 Å². The van der Waals surface area contributed by atoms with E-state index in [1.54, 1.807) is 12.1 Å². The normalized spacial score (nSPS) is 26.9. The number of benzene rings is 1. The third-order valence-corrected chi connectivity index (χ3v) is 4.37. The molecule has 2 heterocycles. The van der Waals surface area contributed by atoms with Crippen LogP contribution in [0.2, 0.25) is 0 Å². The van der Waals surface area contributed by atoms with Crippen LogP contribution in [0.15, 0.2) is 18.2 Å². The third-order valence-electron chi connectivity index (χ3n) is 4.37. The first-order chi connectivity index (χ1) is 9.29. The molecule has 2 saturated heterocycles. The summed E-state index contributed by atoms with van der Waals surface area (Å²) in [6.45, 7) is 3.73. The van der Waals surface area contributed by atoms with Crippen LogP contribution in [0.5, 0.6) is 0 Å². The van der Waals surface area contributed by atoms with E-state index in [9.17, 15) is 4.39 Å². The van der Waals surface area contributed by atoms with Gasteiger partial charge in [0, 0.05) is 24.7 Å². The van der Waals surface area contributed by atoms with Crippen LogP contribution in [0.1, 0.15) is 24.0 Å². The summed E-state index contributed by atoms with van der Waals surface area (Å²) >= 11 is 0. The van der Waals surface area contributed by atoms with Gasteiger partial charge in [-0.1, -0.05) is 12.1 Å². The Bertz CT molecular complexity index is 509. The molecule has 1 N–H and O–H groups in total.